The smallest absolute Gasteiger partial charge is 0.324 e. The highest BCUT2D eigenvalue weighted by molar-refractivity contribution is 6.12. The largest absolute Gasteiger partial charge is 0.491 e. The topological polar surface area (TPSA) is 108 Å². The van der Waals surface area contributed by atoms with E-state index in [0.29, 0.717) is 30.1 Å². The molecule has 4 heterocycles. The van der Waals surface area contributed by atoms with E-state index in [0.717, 1.165) is 85.6 Å². The highest BCUT2D eigenvalue weighted by atomic mass is 16.6. The third-order valence-corrected chi connectivity index (χ3v) is 13.0. The molecule has 0 bridgehead atoms. The lowest BCUT2D eigenvalue weighted by Crippen LogP contribution is -2.55. The minimum Gasteiger partial charge on any atom is -0.491 e. The summed E-state index contributed by atoms with van der Waals surface area (Å²) >= 11 is 0. The molecule has 59 heavy (non-hydrogen) atoms. The van der Waals surface area contributed by atoms with Crippen molar-refractivity contribution in [2.75, 3.05) is 31.6 Å². The quantitative estimate of drug-likeness (QED) is 0.145. The van der Waals surface area contributed by atoms with E-state index in [9.17, 15) is 5.11 Å². The lowest BCUT2D eigenvalue weighted by atomic mass is 9.65. The van der Waals surface area contributed by atoms with E-state index in [1.165, 1.54) is 0 Å². The number of benzene rings is 4. The Morgan fingerprint density at radius 3 is 2.20 bits per heavy atom. The summed E-state index contributed by atoms with van der Waals surface area (Å²) in [6, 6.07) is 30.6. The van der Waals surface area contributed by atoms with Crippen molar-refractivity contribution in [1.29, 1.82) is 0 Å². The van der Waals surface area contributed by atoms with E-state index in [-0.39, 0.29) is 25.0 Å². The molecule has 9 rings (SSSR count). The first kappa shape index (κ1) is 38.8. The lowest BCUT2D eigenvalue weighted by molar-refractivity contribution is -0.179. The summed E-state index contributed by atoms with van der Waals surface area (Å²) in [5.74, 6) is 5.19. The number of carbonyl (C=O) groups excluding carboxylic acids is 3. The van der Waals surface area contributed by atoms with Gasteiger partial charge in [-0.05, 0) is 96.7 Å². The fraction of sp³-hybridized carbons (Fsp3) is 0.380. The molecule has 6 atom stereocenters. The number of amides is 2. The summed E-state index contributed by atoms with van der Waals surface area (Å²) in [5.41, 5.74) is 4.04. The predicted molar refractivity (Wildman–Crippen MR) is 225 cm³/mol. The predicted octanol–water partition coefficient (Wildman–Crippen LogP) is 7.97. The average molecular weight is 790 g/mol. The van der Waals surface area contributed by atoms with Crippen molar-refractivity contribution in [2.45, 2.75) is 87.4 Å². The minimum absolute atomic E-state index is 0.129. The monoisotopic (exact) mass is 789 g/mol. The first-order chi connectivity index (χ1) is 29.0. The molecule has 3 saturated heterocycles. The molecule has 0 radical (unpaired) electrons. The van der Waals surface area contributed by atoms with Gasteiger partial charge in [0.25, 0.3) is 0 Å². The number of nitrogens with one attached hydrogen (secondary N) is 1. The molecule has 302 valence electrons. The van der Waals surface area contributed by atoms with Gasteiger partial charge in [0.1, 0.15) is 29.9 Å². The Labute approximate surface area is 346 Å². The fourth-order valence-corrected chi connectivity index (χ4v) is 10.3. The lowest BCUT2D eigenvalue weighted by Gasteiger charge is -2.46. The number of cyclic esters (lactones) is 1. The summed E-state index contributed by atoms with van der Waals surface area (Å²) in [7, 11) is 0. The average Bonchev–Trinajstić information content (AvgIpc) is 3.74. The van der Waals surface area contributed by atoms with Gasteiger partial charge in [0.05, 0.1) is 24.6 Å². The third kappa shape index (κ3) is 7.13. The number of fused-ring (bicyclic) bond motifs is 3. The van der Waals surface area contributed by atoms with Gasteiger partial charge in [0.2, 0.25) is 11.8 Å². The van der Waals surface area contributed by atoms with Gasteiger partial charge in [-0.25, -0.2) is 0 Å². The van der Waals surface area contributed by atoms with Crippen LogP contribution in [0.1, 0.15) is 104 Å². The number of carbonyl (C=O) groups is 3. The number of aliphatic hydroxyl groups excluding tert-OH is 1. The second-order valence-electron chi connectivity index (χ2n) is 16.4. The van der Waals surface area contributed by atoms with E-state index in [2.05, 4.69) is 28.1 Å². The fourth-order valence-electron chi connectivity index (χ4n) is 10.3. The molecule has 1 aliphatic carbocycles. The van der Waals surface area contributed by atoms with Crippen LogP contribution in [0.3, 0.4) is 0 Å². The van der Waals surface area contributed by atoms with Gasteiger partial charge in [-0.2, -0.15) is 0 Å². The van der Waals surface area contributed by atoms with Gasteiger partial charge >= 0.3 is 5.97 Å². The van der Waals surface area contributed by atoms with Crippen molar-refractivity contribution in [1.82, 2.24) is 9.80 Å². The molecular formula is C50H51N3O6. The van der Waals surface area contributed by atoms with Crippen LogP contribution in [-0.4, -0.2) is 65.0 Å². The molecule has 5 aliphatic rings. The van der Waals surface area contributed by atoms with Crippen molar-refractivity contribution in [3.63, 3.8) is 0 Å². The molecule has 0 aromatic heterocycles. The molecule has 0 saturated carbocycles. The zero-order valence-electron chi connectivity index (χ0n) is 33.4. The number of hydrogen-bond donors (Lipinski definition) is 2. The van der Waals surface area contributed by atoms with Crippen molar-refractivity contribution < 1.29 is 29.0 Å². The molecule has 3 fully saturated rings. The van der Waals surface area contributed by atoms with Gasteiger partial charge in [0, 0.05) is 24.3 Å². The van der Waals surface area contributed by atoms with Gasteiger partial charge < -0.3 is 24.8 Å². The zero-order valence-corrected chi connectivity index (χ0v) is 33.4. The minimum atomic E-state index is -1.56. The molecule has 9 heteroatoms. The molecule has 4 aromatic rings. The maximum absolute atomic E-state index is 15.8. The Morgan fingerprint density at radius 2 is 1.51 bits per heavy atom. The van der Waals surface area contributed by atoms with Crippen molar-refractivity contribution >= 4 is 23.5 Å². The molecule has 9 nitrogen and oxygen atoms in total. The van der Waals surface area contributed by atoms with Crippen LogP contribution in [0.2, 0.25) is 0 Å². The van der Waals surface area contributed by atoms with Gasteiger partial charge in [-0.15, -0.1) is 0 Å². The number of allylic oxidation sites excluding steroid dienone is 2. The summed E-state index contributed by atoms with van der Waals surface area (Å²) in [6.07, 6.45) is 10.6. The number of rotatable bonds is 7. The number of esters is 1. The summed E-state index contributed by atoms with van der Waals surface area (Å²) in [4.78, 5) is 50.6. The molecule has 1 spiro atoms. The second kappa shape index (κ2) is 16.9. The Balaban J connectivity index is 1.31. The summed E-state index contributed by atoms with van der Waals surface area (Å²) in [5, 5.41) is 12.7. The van der Waals surface area contributed by atoms with Crippen LogP contribution in [0, 0.1) is 17.8 Å². The Morgan fingerprint density at radius 1 is 0.797 bits per heavy atom. The van der Waals surface area contributed by atoms with Crippen LogP contribution in [0.4, 0.5) is 5.69 Å². The molecule has 0 unspecified atom stereocenters. The maximum Gasteiger partial charge on any atom is 0.324 e. The number of morpholine rings is 1. The van der Waals surface area contributed by atoms with Crippen LogP contribution in [-0.2, 0) is 24.5 Å². The highest BCUT2D eigenvalue weighted by Crippen LogP contribution is 2.65. The Bertz CT molecular complexity index is 2270. The number of nitrogens with zero attached hydrogens (tertiary/aromatic N) is 2. The van der Waals surface area contributed by atoms with Gasteiger partial charge in [0.15, 0.2) is 0 Å². The first-order valence-electron chi connectivity index (χ1n) is 21.4. The van der Waals surface area contributed by atoms with E-state index in [4.69, 9.17) is 9.47 Å². The first-order valence-corrected chi connectivity index (χ1v) is 21.4. The number of likely N-dealkylation sites (tertiary alicyclic amines) is 1. The number of hydrogen-bond acceptors (Lipinski definition) is 7. The molecule has 4 aromatic carbocycles. The molecule has 4 aliphatic heterocycles. The van der Waals surface area contributed by atoms with Gasteiger partial charge in [-0.3, -0.25) is 19.3 Å². The van der Waals surface area contributed by atoms with Crippen LogP contribution >= 0.6 is 0 Å². The number of anilines is 1. The summed E-state index contributed by atoms with van der Waals surface area (Å²) in [6.45, 7) is 1.10. The van der Waals surface area contributed by atoms with Crippen molar-refractivity contribution in [3.05, 3.63) is 143 Å². The number of ether oxygens (including phenoxy) is 2. The molecule has 2 amide bonds. The zero-order chi connectivity index (χ0) is 40.3. The van der Waals surface area contributed by atoms with E-state index < -0.39 is 41.5 Å². The SMILES string of the molecule is O=C1O[C@@H](c2ccccc2)[C@@H](c2ccccc2)N2[C@@H](c3ccc(OCCO)cc3)[C@]3(C(=O)Nc4ccc(C#CC5=CCCCC5)cc43)[C@@H](C(=O)N3CCCCCCC3)[C@H]12. The van der Waals surface area contributed by atoms with Crippen molar-refractivity contribution in [3.8, 4) is 17.6 Å². The van der Waals surface area contributed by atoms with Crippen LogP contribution in [0.15, 0.2) is 115 Å². The highest BCUT2D eigenvalue weighted by Gasteiger charge is 2.74. The van der Waals surface area contributed by atoms with Gasteiger partial charge in [-0.1, -0.05) is 110 Å². The standard InChI is InChI=1S/C50H51N3O6/c54-31-32-58-39-26-24-38(25-27-39)46-50(40-33-35(23-28-41(40)51-49(50)57)22-21-34-15-7-4-8-16-34)42(47(55)52-29-13-2-1-3-14-30-52)44-48(56)59-45(37-19-11-6-12-20-37)43(53(44)46)36-17-9-5-10-18-36/h5-6,9-12,15,17-20,23-28,33,42-46,54H,1-4,7-8,13-14,16,29-32H2,(H,51,57)/t42-,43-,44-,45+,46+,50-/m1/s1. The van der Waals surface area contributed by atoms with E-state index in [1.54, 1.807) is 0 Å². The maximum atomic E-state index is 15.8. The number of aliphatic hydroxyl groups is 1. The van der Waals surface area contributed by atoms with Crippen LogP contribution in [0.5, 0.6) is 5.75 Å². The van der Waals surface area contributed by atoms with Crippen LogP contribution in [0.25, 0.3) is 0 Å². The van der Waals surface area contributed by atoms with E-state index >= 15 is 14.4 Å². The summed E-state index contributed by atoms with van der Waals surface area (Å²) < 4.78 is 12.4. The van der Waals surface area contributed by atoms with E-state index in [1.807, 2.05) is 108 Å². The van der Waals surface area contributed by atoms with Crippen molar-refractivity contribution in [2.24, 2.45) is 5.92 Å². The second-order valence-corrected chi connectivity index (χ2v) is 16.4. The third-order valence-electron chi connectivity index (χ3n) is 13.0. The van der Waals surface area contributed by atoms with Crippen LogP contribution < -0.4 is 10.1 Å². The molecular weight excluding hydrogens is 739 g/mol. The Hall–Kier alpha value is -5.69. The molecule has 2 N–H and O–H groups in total. The normalized spacial score (nSPS) is 26.6. The Kier molecular flexibility index (Phi) is 11.1.